The fourth-order valence-electron chi connectivity index (χ4n) is 1.03. The van der Waals surface area contributed by atoms with Crippen molar-refractivity contribution in [3.63, 3.8) is 0 Å². The molecule has 0 atom stereocenters. The summed E-state index contributed by atoms with van der Waals surface area (Å²) in [5.41, 5.74) is -1.76. The molecule has 15 heavy (non-hydrogen) atoms. The van der Waals surface area contributed by atoms with Crippen molar-refractivity contribution in [2.45, 2.75) is 13.3 Å². The van der Waals surface area contributed by atoms with Gasteiger partial charge in [-0.1, -0.05) is 0 Å². The highest BCUT2D eigenvalue weighted by molar-refractivity contribution is 5.46. The summed E-state index contributed by atoms with van der Waals surface area (Å²) in [7, 11) is 0. The third-order valence-corrected chi connectivity index (χ3v) is 1.75. The number of aryl methyl sites for hydroxylation is 1. The van der Waals surface area contributed by atoms with Crippen LogP contribution in [0.2, 0.25) is 0 Å². The maximum atomic E-state index is 12.4. The van der Waals surface area contributed by atoms with Gasteiger partial charge in [0.15, 0.2) is 5.69 Å². The highest BCUT2D eigenvalue weighted by atomic mass is 19.3. The number of halogens is 2. The summed E-state index contributed by atoms with van der Waals surface area (Å²) >= 11 is 0. The van der Waals surface area contributed by atoms with Crippen LogP contribution in [0.25, 0.3) is 0 Å². The fraction of sp³-hybridized carbons (Fsp3) is 0.250. The average molecular weight is 213 g/mol. The van der Waals surface area contributed by atoms with Gasteiger partial charge in [0.05, 0.1) is 16.2 Å². The third kappa shape index (κ3) is 2.04. The lowest BCUT2D eigenvalue weighted by molar-refractivity contribution is -0.386. The van der Waals surface area contributed by atoms with E-state index in [0.717, 1.165) is 6.07 Å². The molecule has 1 rings (SSSR count). The molecular weight excluding hydrogens is 208 g/mol. The van der Waals surface area contributed by atoms with E-state index in [-0.39, 0.29) is 11.3 Å². The molecule has 5 nitrogen and oxygen atoms in total. The summed E-state index contributed by atoms with van der Waals surface area (Å²) in [6, 6.07) is 2.45. The number of pyridine rings is 1. The topological polar surface area (TPSA) is 79.8 Å². The predicted octanol–water partition coefficient (Wildman–Crippen LogP) is 2.11. The van der Waals surface area contributed by atoms with Crippen molar-refractivity contribution < 1.29 is 13.7 Å². The van der Waals surface area contributed by atoms with Crippen LogP contribution in [0.15, 0.2) is 6.07 Å². The van der Waals surface area contributed by atoms with Crippen molar-refractivity contribution in [2.24, 2.45) is 0 Å². The number of nitriles is 1. The molecule has 7 heteroatoms. The molecule has 78 valence electrons. The van der Waals surface area contributed by atoms with E-state index in [1.165, 1.54) is 6.92 Å². The molecule has 0 radical (unpaired) electrons. The smallest absolute Gasteiger partial charge is 0.258 e. The van der Waals surface area contributed by atoms with Crippen LogP contribution in [-0.2, 0) is 0 Å². The molecule has 0 saturated carbocycles. The largest absolute Gasteiger partial charge is 0.298 e. The van der Waals surface area contributed by atoms with Crippen LogP contribution in [0.4, 0.5) is 14.5 Å². The van der Waals surface area contributed by atoms with E-state index in [1.807, 2.05) is 0 Å². The molecule has 0 bridgehead atoms. The summed E-state index contributed by atoms with van der Waals surface area (Å²) in [4.78, 5) is 12.8. The first-order valence-corrected chi connectivity index (χ1v) is 3.81. The van der Waals surface area contributed by atoms with Crippen molar-refractivity contribution in [3.05, 3.63) is 33.1 Å². The second kappa shape index (κ2) is 3.96. The van der Waals surface area contributed by atoms with Crippen LogP contribution in [-0.4, -0.2) is 9.91 Å². The van der Waals surface area contributed by atoms with Gasteiger partial charge in [-0.05, 0) is 6.92 Å². The molecule has 0 spiro atoms. The number of nitrogens with zero attached hydrogens (tertiary/aromatic N) is 3. The Labute approximate surface area is 83.1 Å². The highest BCUT2D eigenvalue weighted by Crippen LogP contribution is 2.28. The van der Waals surface area contributed by atoms with Gasteiger partial charge >= 0.3 is 0 Å². The summed E-state index contributed by atoms with van der Waals surface area (Å²) in [5, 5.41) is 19.0. The number of aromatic nitrogens is 1. The predicted molar refractivity (Wildman–Crippen MR) is 45.3 cm³/mol. The number of hydrogen-bond donors (Lipinski definition) is 0. The number of hydrogen-bond acceptors (Lipinski definition) is 4. The molecule has 0 unspecified atom stereocenters. The van der Waals surface area contributed by atoms with E-state index in [9.17, 15) is 18.9 Å². The van der Waals surface area contributed by atoms with Gasteiger partial charge in [-0.15, -0.1) is 0 Å². The van der Waals surface area contributed by atoms with Gasteiger partial charge in [-0.2, -0.15) is 5.26 Å². The van der Waals surface area contributed by atoms with E-state index in [0.29, 0.717) is 0 Å². The maximum absolute atomic E-state index is 12.4. The number of alkyl halides is 2. The second-order valence-corrected chi connectivity index (χ2v) is 2.70. The molecular formula is C8H5F2N3O2. The van der Waals surface area contributed by atoms with Crippen LogP contribution in [0.1, 0.15) is 23.4 Å². The zero-order valence-electron chi connectivity index (χ0n) is 7.57. The van der Waals surface area contributed by atoms with Crippen LogP contribution in [0, 0.1) is 28.4 Å². The Kier molecular flexibility index (Phi) is 2.90. The number of nitro groups is 1. The summed E-state index contributed by atoms with van der Waals surface area (Å²) in [6.07, 6.45) is -3.03. The van der Waals surface area contributed by atoms with Gasteiger partial charge in [0.2, 0.25) is 0 Å². The second-order valence-electron chi connectivity index (χ2n) is 2.70. The molecule has 0 amide bonds. The minimum absolute atomic E-state index is 0.0541. The third-order valence-electron chi connectivity index (χ3n) is 1.75. The Bertz CT molecular complexity index is 454. The first-order valence-electron chi connectivity index (χ1n) is 3.81. The molecule has 0 N–H and O–H groups in total. The zero-order valence-corrected chi connectivity index (χ0v) is 7.57. The molecule has 1 aromatic rings. The van der Waals surface area contributed by atoms with Crippen LogP contribution in [0.5, 0.6) is 0 Å². The van der Waals surface area contributed by atoms with E-state index < -0.39 is 22.7 Å². The Morgan fingerprint density at radius 2 is 2.27 bits per heavy atom. The molecule has 0 aliphatic carbocycles. The van der Waals surface area contributed by atoms with Crippen LogP contribution >= 0.6 is 0 Å². The van der Waals surface area contributed by atoms with Crippen molar-refractivity contribution in [1.29, 1.82) is 5.26 Å². The standard InChI is InChI=1S/C8H5F2N3O2/c1-4-5(3-11)2-6(13(14)15)7(12-4)8(9)10/h2,8H,1H3. The molecule has 1 heterocycles. The minimum Gasteiger partial charge on any atom is -0.258 e. The van der Waals surface area contributed by atoms with E-state index in [4.69, 9.17) is 5.26 Å². The fourth-order valence-corrected chi connectivity index (χ4v) is 1.03. The van der Waals surface area contributed by atoms with E-state index >= 15 is 0 Å². The molecule has 0 aliphatic rings. The Morgan fingerprint density at radius 1 is 1.67 bits per heavy atom. The SMILES string of the molecule is Cc1nc(C(F)F)c([N+](=O)[O-])cc1C#N. The lowest BCUT2D eigenvalue weighted by Crippen LogP contribution is -2.02. The van der Waals surface area contributed by atoms with E-state index in [2.05, 4.69) is 4.98 Å². The molecule has 0 aliphatic heterocycles. The van der Waals surface area contributed by atoms with Crippen molar-refractivity contribution in [3.8, 4) is 6.07 Å². The summed E-state index contributed by atoms with van der Waals surface area (Å²) in [6.45, 7) is 1.34. The average Bonchev–Trinajstić information content (AvgIpc) is 2.16. The van der Waals surface area contributed by atoms with E-state index in [1.54, 1.807) is 6.07 Å². The quantitative estimate of drug-likeness (QED) is 0.556. The summed E-state index contributed by atoms with van der Waals surface area (Å²) in [5.74, 6) is 0. The van der Waals surface area contributed by atoms with Crippen LogP contribution in [0.3, 0.4) is 0 Å². The molecule has 0 aromatic carbocycles. The first kappa shape index (κ1) is 11.0. The minimum atomic E-state index is -3.03. The first-order chi connectivity index (χ1) is 6.97. The van der Waals surface area contributed by atoms with Crippen molar-refractivity contribution in [2.75, 3.05) is 0 Å². The van der Waals surface area contributed by atoms with Gasteiger partial charge in [0, 0.05) is 6.07 Å². The lowest BCUT2D eigenvalue weighted by atomic mass is 10.2. The van der Waals surface area contributed by atoms with Crippen molar-refractivity contribution >= 4 is 5.69 Å². The van der Waals surface area contributed by atoms with Gasteiger partial charge in [0.25, 0.3) is 12.1 Å². The van der Waals surface area contributed by atoms with Gasteiger partial charge in [-0.3, -0.25) is 10.1 Å². The monoisotopic (exact) mass is 213 g/mol. The lowest BCUT2D eigenvalue weighted by Gasteiger charge is -2.03. The zero-order chi connectivity index (χ0) is 11.6. The van der Waals surface area contributed by atoms with Crippen LogP contribution < -0.4 is 0 Å². The van der Waals surface area contributed by atoms with Gasteiger partial charge < -0.3 is 0 Å². The Balaban J connectivity index is 3.47. The molecule has 0 fully saturated rings. The van der Waals surface area contributed by atoms with Gasteiger partial charge in [0.1, 0.15) is 6.07 Å². The normalized spacial score (nSPS) is 10.1. The summed E-state index contributed by atoms with van der Waals surface area (Å²) < 4.78 is 24.7. The van der Waals surface area contributed by atoms with Gasteiger partial charge in [-0.25, -0.2) is 13.8 Å². The molecule has 1 aromatic heterocycles. The molecule has 0 saturated heterocycles. The maximum Gasteiger partial charge on any atom is 0.298 e. The Hall–Kier alpha value is -2.10. The number of rotatable bonds is 2. The van der Waals surface area contributed by atoms with Crippen molar-refractivity contribution in [1.82, 2.24) is 4.98 Å². The Morgan fingerprint density at radius 3 is 2.67 bits per heavy atom. The highest BCUT2D eigenvalue weighted by Gasteiger charge is 2.25.